The van der Waals surface area contributed by atoms with Gasteiger partial charge in [0.2, 0.25) is 5.88 Å². The fraction of sp³-hybridized carbons (Fsp3) is 0.667. The molecule has 0 radical (unpaired) electrons. The largest absolute Gasteiger partial charge is 0.478 e. The lowest BCUT2D eigenvalue weighted by Gasteiger charge is -2.18. The number of rotatable bonds is 6. The van der Waals surface area contributed by atoms with Gasteiger partial charge in [-0.15, -0.1) is 0 Å². The molecule has 0 amide bonds. The van der Waals surface area contributed by atoms with E-state index in [9.17, 15) is 0 Å². The van der Waals surface area contributed by atoms with E-state index in [-0.39, 0.29) is 5.41 Å². The number of nitrogens with one attached hydrogen (secondary N) is 1. The van der Waals surface area contributed by atoms with Gasteiger partial charge in [-0.2, -0.15) is 0 Å². The van der Waals surface area contributed by atoms with Crippen molar-refractivity contribution in [3.8, 4) is 5.88 Å². The van der Waals surface area contributed by atoms with Crippen LogP contribution < -0.4 is 10.1 Å². The van der Waals surface area contributed by atoms with Crippen LogP contribution in [0.15, 0.2) is 12.1 Å². The first kappa shape index (κ1) is 14.6. The van der Waals surface area contributed by atoms with Crippen molar-refractivity contribution >= 4 is 11.6 Å². The van der Waals surface area contributed by atoms with Gasteiger partial charge in [0.1, 0.15) is 0 Å². The fourth-order valence-corrected chi connectivity index (χ4v) is 1.83. The number of halogens is 1. The van der Waals surface area contributed by atoms with E-state index >= 15 is 0 Å². The summed E-state index contributed by atoms with van der Waals surface area (Å²) in [6, 6.07) is 4.36. The summed E-state index contributed by atoms with van der Waals surface area (Å²) in [7, 11) is 0. The Balaban J connectivity index is 1.87. The summed E-state index contributed by atoms with van der Waals surface area (Å²) in [4.78, 5) is 4.47. The number of ether oxygens (including phenoxy) is 1. The van der Waals surface area contributed by atoms with E-state index in [0.29, 0.717) is 23.6 Å². The third-order valence-electron chi connectivity index (χ3n) is 3.13. The minimum atomic E-state index is 0.281. The van der Waals surface area contributed by atoms with Gasteiger partial charge in [0.25, 0.3) is 0 Å². The van der Waals surface area contributed by atoms with Crippen LogP contribution in [0, 0.1) is 5.41 Å². The Morgan fingerprint density at radius 1 is 1.37 bits per heavy atom. The highest BCUT2D eigenvalue weighted by molar-refractivity contribution is 6.31. The molecule has 106 valence electrons. The van der Waals surface area contributed by atoms with Crippen LogP contribution in [0.5, 0.6) is 5.88 Å². The molecule has 1 heterocycles. The quantitative estimate of drug-likeness (QED) is 0.862. The molecule has 0 bridgehead atoms. The van der Waals surface area contributed by atoms with E-state index in [0.717, 1.165) is 18.7 Å². The highest BCUT2D eigenvalue weighted by atomic mass is 35.5. The Hall–Kier alpha value is -0.800. The van der Waals surface area contributed by atoms with E-state index in [1.165, 1.54) is 12.8 Å². The normalized spacial score (nSPS) is 15.6. The Morgan fingerprint density at radius 3 is 2.74 bits per heavy atom. The van der Waals surface area contributed by atoms with Gasteiger partial charge in [-0.1, -0.05) is 32.4 Å². The second-order valence-corrected chi connectivity index (χ2v) is 6.80. The fourth-order valence-electron chi connectivity index (χ4n) is 1.66. The molecular formula is C15H23ClN2O. The molecule has 0 saturated heterocycles. The highest BCUT2D eigenvalue weighted by Gasteiger charge is 2.20. The number of hydrogen-bond acceptors (Lipinski definition) is 3. The van der Waals surface area contributed by atoms with Gasteiger partial charge in [-0.05, 0) is 30.7 Å². The van der Waals surface area contributed by atoms with Gasteiger partial charge in [-0.3, -0.25) is 0 Å². The Bertz CT molecular complexity index is 425. The SMILES string of the molecule is CC(C)(C)CCOc1ccc(Cl)c(CNC2CC2)n1. The molecular weight excluding hydrogens is 260 g/mol. The number of nitrogens with zero attached hydrogens (tertiary/aromatic N) is 1. The minimum Gasteiger partial charge on any atom is -0.478 e. The van der Waals surface area contributed by atoms with Crippen LogP contribution >= 0.6 is 11.6 Å². The summed E-state index contributed by atoms with van der Waals surface area (Å²) in [5, 5.41) is 4.12. The molecule has 2 rings (SSSR count). The third kappa shape index (κ3) is 5.37. The second-order valence-electron chi connectivity index (χ2n) is 6.39. The van der Waals surface area contributed by atoms with Crippen molar-refractivity contribution in [2.45, 2.75) is 52.6 Å². The molecule has 0 aromatic carbocycles. The van der Waals surface area contributed by atoms with E-state index in [2.05, 4.69) is 31.1 Å². The Kier molecular flexibility index (Phi) is 4.69. The molecule has 1 saturated carbocycles. The lowest BCUT2D eigenvalue weighted by molar-refractivity contribution is 0.236. The van der Waals surface area contributed by atoms with Crippen LogP contribution in [0.1, 0.15) is 45.7 Å². The maximum Gasteiger partial charge on any atom is 0.213 e. The summed E-state index contributed by atoms with van der Waals surface area (Å²) in [6.45, 7) is 8.03. The van der Waals surface area contributed by atoms with Crippen molar-refractivity contribution in [3.63, 3.8) is 0 Å². The topological polar surface area (TPSA) is 34.1 Å². The molecule has 4 heteroatoms. The van der Waals surface area contributed by atoms with Crippen molar-refractivity contribution < 1.29 is 4.74 Å². The van der Waals surface area contributed by atoms with Gasteiger partial charge >= 0.3 is 0 Å². The number of hydrogen-bond donors (Lipinski definition) is 1. The van der Waals surface area contributed by atoms with Crippen molar-refractivity contribution in [2.24, 2.45) is 5.41 Å². The zero-order valence-corrected chi connectivity index (χ0v) is 12.8. The molecule has 1 aromatic heterocycles. The molecule has 1 aromatic rings. The van der Waals surface area contributed by atoms with E-state index < -0.39 is 0 Å². The summed E-state index contributed by atoms with van der Waals surface area (Å²) in [6.07, 6.45) is 3.53. The monoisotopic (exact) mass is 282 g/mol. The van der Waals surface area contributed by atoms with Crippen molar-refractivity contribution in [1.29, 1.82) is 0 Å². The summed E-state index contributed by atoms with van der Waals surface area (Å²) in [5.41, 5.74) is 1.16. The van der Waals surface area contributed by atoms with Crippen LogP contribution in [0.4, 0.5) is 0 Å². The lowest BCUT2D eigenvalue weighted by Crippen LogP contribution is -2.17. The van der Waals surface area contributed by atoms with Crippen molar-refractivity contribution in [2.75, 3.05) is 6.61 Å². The second kappa shape index (κ2) is 6.10. The molecule has 1 N–H and O–H groups in total. The van der Waals surface area contributed by atoms with Gasteiger partial charge in [-0.25, -0.2) is 4.98 Å². The summed E-state index contributed by atoms with van der Waals surface area (Å²) >= 11 is 6.15. The average Bonchev–Trinajstić information content (AvgIpc) is 3.12. The van der Waals surface area contributed by atoms with Crippen LogP contribution in [0.25, 0.3) is 0 Å². The predicted octanol–water partition coefficient (Wildman–Crippen LogP) is 3.80. The maximum atomic E-state index is 6.15. The summed E-state index contributed by atoms with van der Waals surface area (Å²) in [5.74, 6) is 0.668. The lowest BCUT2D eigenvalue weighted by atomic mass is 9.93. The molecule has 0 spiro atoms. The van der Waals surface area contributed by atoms with Crippen molar-refractivity contribution in [3.05, 3.63) is 22.8 Å². The molecule has 1 aliphatic carbocycles. The predicted molar refractivity (Wildman–Crippen MR) is 78.7 cm³/mol. The van der Waals surface area contributed by atoms with Gasteiger partial charge < -0.3 is 10.1 Å². The molecule has 0 atom stereocenters. The molecule has 3 nitrogen and oxygen atoms in total. The molecule has 19 heavy (non-hydrogen) atoms. The van der Waals surface area contributed by atoms with Crippen LogP contribution in [-0.4, -0.2) is 17.6 Å². The van der Waals surface area contributed by atoms with Crippen LogP contribution in [0.2, 0.25) is 5.02 Å². The van der Waals surface area contributed by atoms with Crippen LogP contribution in [-0.2, 0) is 6.54 Å². The van der Waals surface area contributed by atoms with Crippen molar-refractivity contribution in [1.82, 2.24) is 10.3 Å². The first-order valence-electron chi connectivity index (χ1n) is 6.96. The van der Waals surface area contributed by atoms with E-state index in [4.69, 9.17) is 16.3 Å². The number of pyridine rings is 1. The summed E-state index contributed by atoms with van der Waals surface area (Å²) < 4.78 is 5.70. The highest BCUT2D eigenvalue weighted by Crippen LogP contribution is 2.23. The first-order valence-corrected chi connectivity index (χ1v) is 7.33. The first-order chi connectivity index (χ1) is 8.94. The molecule has 1 fully saturated rings. The maximum absolute atomic E-state index is 6.15. The van der Waals surface area contributed by atoms with Crippen LogP contribution in [0.3, 0.4) is 0 Å². The minimum absolute atomic E-state index is 0.281. The average molecular weight is 283 g/mol. The van der Waals surface area contributed by atoms with E-state index in [1.807, 2.05) is 12.1 Å². The Morgan fingerprint density at radius 2 is 2.11 bits per heavy atom. The standard InChI is InChI=1S/C15H23ClN2O/c1-15(2,3)8-9-19-14-7-6-12(16)13(18-14)10-17-11-4-5-11/h6-7,11,17H,4-5,8-10H2,1-3H3. The third-order valence-corrected chi connectivity index (χ3v) is 3.47. The molecule has 0 unspecified atom stereocenters. The molecule has 0 aliphatic heterocycles. The van der Waals surface area contributed by atoms with Gasteiger partial charge in [0.05, 0.1) is 17.3 Å². The zero-order chi connectivity index (χ0) is 13.9. The smallest absolute Gasteiger partial charge is 0.213 e. The zero-order valence-electron chi connectivity index (χ0n) is 12.0. The molecule has 1 aliphatic rings. The van der Waals surface area contributed by atoms with Gasteiger partial charge in [0.15, 0.2) is 0 Å². The number of aromatic nitrogens is 1. The van der Waals surface area contributed by atoms with Gasteiger partial charge in [0, 0.05) is 18.7 Å². The van der Waals surface area contributed by atoms with E-state index in [1.54, 1.807) is 0 Å². The Labute approximate surface area is 120 Å².